The minimum atomic E-state index is -1.39. The Bertz CT molecular complexity index is 1500. The number of carboxylic acids is 1. The monoisotopic (exact) mass is 597 g/mol. The lowest BCUT2D eigenvalue weighted by Gasteiger charge is -2.40. The molecule has 6 rings (SSSR count). The molecule has 0 aliphatic carbocycles. The number of nitrogen functional groups attached to an aromatic ring is 1. The number of halogens is 1. The van der Waals surface area contributed by atoms with Crippen molar-refractivity contribution in [3.8, 4) is 11.6 Å². The summed E-state index contributed by atoms with van der Waals surface area (Å²) in [5, 5.41) is 24.0. The molecule has 0 spiro atoms. The van der Waals surface area contributed by atoms with Gasteiger partial charge in [-0.15, -0.1) is 17.5 Å². The van der Waals surface area contributed by atoms with Gasteiger partial charge in [-0.05, 0) is 55.5 Å². The van der Waals surface area contributed by atoms with Crippen molar-refractivity contribution in [2.75, 3.05) is 61.3 Å². The summed E-state index contributed by atoms with van der Waals surface area (Å²) < 4.78 is 6.85. The zero-order valence-electron chi connectivity index (χ0n) is 23.5. The van der Waals surface area contributed by atoms with Crippen molar-refractivity contribution >= 4 is 41.7 Å². The Morgan fingerprint density at radius 3 is 2.52 bits per heavy atom. The average molecular weight is 598 g/mol. The summed E-state index contributed by atoms with van der Waals surface area (Å²) >= 11 is 0. The van der Waals surface area contributed by atoms with Crippen molar-refractivity contribution in [1.29, 1.82) is 0 Å². The van der Waals surface area contributed by atoms with Crippen LogP contribution in [0.1, 0.15) is 31.7 Å². The van der Waals surface area contributed by atoms with Gasteiger partial charge < -0.3 is 30.2 Å². The molecule has 0 radical (unpaired) electrons. The molecule has 14 heteroatoms. The van der Waals surface area contributed by atoms with Crippen molar-refractivity contribution < 1.29 is 19.4 Å². The van der Waals surface area contributed by atoms with E-state index in [-0.39, 0.29) is 24.8 Å². The van der Waals surface area contributed by atoms with Gasteiger partial charge in [-0.25, -0.2) is 0 Å². The summed E-state index contributed by atoms with van der Waals surface area (Å²) in [6, 6.07) is 11.2. The molecule has 5 heterocycles. The van der Waals surface area contributed by atoms with E-state index in [0.29, 0.717) is 34.8 Å². The maximum absolute atomic E-state index is 11.1. The summed E-state index contributed by atoms with van der Waals surface area (Å²) in [4.78, 5) is 31.8. The van der Waals surface area contributed by atoms with Crippen molar-refractivity contribution in [3.05, 3.63) is 48.2 Å². The van der Waals surface area contributed by atoms with E-state index >= 15 is 0 Å². The number of aliphatic carboxylic acids is 1. The molecular formula is C28H36ClN9O4. The fraction of sp³-hybridized carbons (Fsp3) is 0.464. The van der Waals surface area contributed by atoms with Gasteiger partial charge >= 0.3 is 5.97 Å². The van der Waals surface area contributed by atoms with Gasteiger partial charge in [-0.1, -0.05) is 12.1 Å². The highest BCUT2D eigenvalue weighted by atomic mass is 35.5. The second-order valence-corrected chi connectivity index (χ2v) is 11.1. The van der Waals surface area contributed by atoms with Crippen LogP contribution in [0.2, 0.25) is 0 Å². The lowest BCUT2D eigenvalue weighted by molar-refractivity contribution is -0.142. The molecular weight excluding hydrogens is 562 g/mol. The molecule has 1 aromatic carbocycles. The standard InChI is InChI=1S/C28H35N9O4.ClH/c1-28(40,16-23(38)39)20-6-8-21(9-7-20)35-13-11-34(12-14-35)17-19-4-2-10-36(18-19)26-31-25(29)37-27(32-26)30-24(33-37)22-5-3-15-41-22;/h3,5-9,15,19,40H,2,4,10-14,16-18H2,1H3,(H,38,39)(H2,29,30,31,32,33);1H/t19-,28?;/m0./s1. The van der Waals surface area contributed by atoms with Crippen LogP contribution in [-0.2, 0) is 10.4 Å². The fourth-order valence-electron chi connectivity index (χ4n) is 5.82. The number of aliphatic hydroxyl groups is 1. The van der Waals surface area contributed by atoms with Crippen LogP contribution in [0.5, 0.6) is 0 Å². The second-order valence-electron chi connectivity index (χ2n) is 11.1. The number of carboxylic acid groups (broad SMARTS) is 1. The topological polar surface area (TPSA) is 162 Å². The Kier molecular flexibility index (Phi) is 8.53. The van der Waals surface area contributed by atoms with E-state index in [9.17, 15) is 9.90 Å². The van der Waals surface area contributed by atoms with E-state index in [2.05, 4.69) is 34.8 Å². The molecule has 2 aliphatic heterocycles. The van der Waals surface area contributed by atoms with Crippen molar-refractivity contribution in [1.82, 2.24) is 29.5 Å². The lowest BCUT2D eigenvalue weighted by atomic mass is 9.92. The Morgan fingerprint density at radius 1 is 1.07 bits per heavy atom. The smallest absolute Gasteiger partial charge is 0.306 e. The number of carbonyl (C=O) groups is 1. The van der Waals surface area contributed by atoms with Crippen LogP contribution in [-0.4, -0.2) is 91.5 Å². The number of hydrogen-bond acceptors (Lipinski definition) is 11. The van der Waals surface area contributed by atoms with Crippen LogP contribution in [0.15, 0.2) is 47.1 Å². The highest BCUT2D eigenvalue weighted by molar-refractivity contribution is 5.85. The summed E-state index contributed by atoms with van der Waals surface area (Å²) in [6.45, 7) is 7.99. The zero-order chi connectivity index (χ0) is 28.6. The van der Waals surface area contributed by atoms with E-state index < -0.39 is 11.6 Å². The normalized spacial score (nSPS) is 19.4. The molecule has 4 aromatic rings. The van der Waals surface area contributed by atoms with E-state index in [4.69, 9.17) is 15.3 Å². The maximum Gasteiger partial charge on any atom is 0.306 e. The first-order chi connectivity index (χ1) is 19.7. The van der Waals surface area contributed by atoms with E-state index in [1.54, 1.807) is 18.4 Å². The van der Waals surface area contributed by atoms with E-state index in [0.717, 1.165) is 64.3 Å². The molecule has 4 N–H and O–H groups in total. The number of anilines is 3. The molecule has 2 atom stereocenters. The van der Waals surface area contributed by atoms with Gasteiger partial charge in [0.2, 0.25) is 17.7 Å². The summed E-state index contributed by atoms with van der Waals surface area (Å²) in [7, 11) is 0. The zero-order valence-corrected chi connectivity index (χ0v) is 24.3. The number of aromatic nitrogens is 5. The quantitative estimate of drug-likeness (QED) is 0.272. The number of benzene rings is 1. The molecule has 0 saturated carbocycles. The van der Waals surface area contributed by atoms with Crippen molar-refractivity contribution in [2.24, 2.45) is 5.92 Å². The Hall–Kier alpha value is -3.94. The SMILES string of the molecule is CC(O)(CC(=O)O)c1ccc(N2CCN(C[C@@H]3CCCN(c4nc(N)n5nc(-c6ccco6)nc5n4)C3)CC2)cc1.Cl. The summed E-state index contributed by atoms with van der Waals surface area (Å²) in [6.07, 6.45) is 3.46. The van der Waals surface area contributed by atoms with Crippen LogP contribution in [0.4, 0.5) is 17.6 Å². The third-order valence-corrected chi connectivity index (χ3v) is 8.00. The Morgan fingerprint density at radius 2 is 1.83 bits per heavy atom. The Balaban J connectivity index is 0.00000353. The second kappa shape index (κ2) is 12.1. The largest absolute Gasteiger partial charge is 0.481 e. The van der Waals surface area contributed by atoms with Crippen LogP contribution in [0.25, 0.3) is 17.4 Å². The first-order valence-electron chi connectivity index (χ1n) is 14.0. The number of nitrogens with two attached hydrogens (primary N) is 1. The third-order valence-electron chi connectivity index (χ3n) is 8.00. The van der Waals surface area contributed by atoms with Gasteiger partial charge in [0.1, 0.15) is 0 Å². The van der Waals surface area contributed by atoms with E-state index in [1.807, 2.05) is 24.3 Å². The highest BCUT2D eigenvalue weighted by Gasteiger charge is 2.28. The van der Waals surface area contributed by atoms with Gasteiger partial charge in [0.25, 0.3) is 5.78 Å². The number of fused-ring (bicyclic) bond motifs is 1. The number of piperidine rings is 1. The van der Waals surface area contributed by atoms with Gasteiger partial charge in [0.05, 0.1) is 18.3 Å². The molecule has 2 saturated heterocycles. The van der Waals surface area contributed by atoms with E-state index in [1.165, 1.54) is 11.4 Å². The predicted molar refractivity (Wildman–Crippen MR) is 160 cm³/mol. The first-order valence-corrected chi connectivity index (χ1v) is 14.0. The van der Waals surface area contributed by atoms with Crippen LogP contribution >= 0.6 is 12.4 Å². The fourth-order valence-corrected chi connectivity index (χ4v) is 5.82. The lowest BCUT2D eigenvalue weighted by Crippen LogP contribution is -2.49. The molecule has 42 heavy (non-hydrogen) atoms. The van der Waals surface area contributed by atoms with Crippen molar-refractivity contribution in [3.63, 3.8) is 0 Å². The van der Waals surface area contributed by atoms with Crippen LogP contribution < -0.4 is 15.5 Å². The van der Waals surface area contributed by atoms with Crippen molar-refractivity contribution in [2.45, 2.75) is 31.8 Å². The minimum Gasteiger partial charge on any atom is -0.481 e. The van der Waals surface area contributed by atoms with Gasteiger partial charge in [-0.3, -0.25) is 9.69 Å². The minimum absolute atomic E-state index is 0. The van der Waals surface area contributed by atoms with Gasteiger partial charge in [-0.2, -0.15) is 19.5 Å². The van der Waals surface area contributed by atoms with Gasteiger partial charge in [0, 0.05) is 51.5 Å². The number of furan rings is 1. The highest BCUT2D eigenvalue weighted by Crippen LogP contribution is 2.28. The third kappa shape index (κ3) is 6.27. The molecule has 224 valence electrons. The molecule has 0 bridgehead atoms. The summed E-state index contributed by atoms with van der Waals surface area (Å²) in [5.74, 6) is 1.66. The number of nitrogens with zero attached hydrogens (tertiary/aromatic N) is 8. The number of hydrogen-bond donors (Lipinski definition) is 3. The molecule has 2 aliphatic rings. The molecule has 3 aromatic heterocycles. The van der Waals surface area contributed by atoms with Gasteiger partial charge in [0.15, 0.2) is 5.76 Å². The summed E-state index contributed by atoms with van der Waals surface area (Å²) in [5.41, 5.74) is 6.52. The van der Waals surface area contributed by atoms with Crippen LogP contribution in [0.3, 0.4) is 0 Å². The maximum atomic E-state index is 11.1. The predicted octanol–water partition coefficient (Wildman–Crippen LogP) is 2.50. The number of piperazine rings is 1. The van der Waals surface area contributed by atoms with Crippen LogP contribution in [0, 0.1) is 5.92 Å². The molecule has 2 fully saturated rings. The average Bonchev–Trinajstić information content (AvgIpc) is 3.64. The molecule has 1 unspecified atom stereocenters. The number of rotatable bonds is 8. The molecule has 13 nitrogen and oxygen atoms in total. The Labute approximate surface area is 249 Å². The first kappa shape index (κ1) is 29.5. The molecule has 0 amide bonds.